The summed E-state index contributed by atoms with van der Waals surface area (Å²) in [6.07, 6.45) is 1.53. The van der Waals surface area contributed by atoms with Gasteiger partial charge in [-0.25, -0.2) is 4.79 Å². The van der Waals surface area contributed by atoms with Gasteiger partial charge in [-0.3, -0.25) is 19.3 Å². The van der Waals surface area contributed by atoms with Crippen molar-refractivity contribution in [1.82, 2.24) is 4.90 Å². The quantitative estimate of drug-likeness (QED) is 0.312. The zero-order valence-electron chi connectivity index (χ0n) is 18.2. The molecule has 1 saturated heterocycles. The predicted molar refractivity (Wildman–Crippen MR) is 130 cm³/mol. The van der Waals surface area contributed by atoms with Gasteiger partial charge in [-0.05, 0) is 66.7 Å². The number of esters is 1. The summed E-state index contributed by atoms with van der Waals surface area (Å²) in [5, 5.41) is 2.13. The molecule has 0 aromatic heterocycles. The number of ether oxygens (including phenoxy) is 1. The fraction of sp³-hybridized carbons (Fsp3) is 0.0769. The summed E-state index contributed by atoms with van der Waals surface area (Å²) >= 11 is 0.754. The summed E-state index contributed by atoms with van der Waals surface area (Å²) in [4.78, 5) is 50.8. The van der Waals surface area contributed by atoms with Crippen LogP contribution in [0.15, 0.2) is 83.8 Å². The van der Waals surface area contributed by atoms with E-state index in [-0.39, 0.29) is 11.4 Å². The first-order valence-electron chi connectivity index (χ1n) is 10.4. The molecule has 3 aromatic carbocycles. The number of anilines is 1. The molecule has 7 nitrogen and oxygen atoms in total. The van der Waals surface area contributed by atoms with E-state index in [1.165, 1.54) is 6.08 Å². The molecule has 0 unspecified atom stereocenters. The second-order valence-corrected chi connectivity index (χ2v) is 8.50. The lowest BCUT2D eigenvalue weighted by Crippen LogP contribution is -2.36. The molecule has 0 bridgehead atoms. The fourth-order valence-electron chi connectivity index (χ4n) is 3.18. The first-order valence-corrected chi connectivity index (χ1v) is 11.2. The number of hydrogen-bond donors (Lipinski definition) is 1. The molecule has 34 heavy (non-hydrogen) atoms. The minimum Gasteiger partial charge on any atom is -0.423 e. The van der Waals surface area contributed by atoms with Crippen molar-refractivity contribution in [1.29, 1.82) is 0 Å². The molecular weight excluding hydrogens is 452 g/mol. The molecule has 1 aliphatic rings. The van der Waals surface area contributed by atoms with E-state index in [1.807, 2.05) is 25.1 Å². The number of rotatable bonds is 6. The Hall–Kier alpha value is -4.17. The van der Waals surface area contributed by atoms with Crippen molar-refractivity contribution in [3.8, 4) is 5.75 Å². The minimum atomic E-state index is -0.555. The Morgan fingerprint density at radius 2 is 1.71 bits per heavy atom. The first kappa shape index (κ1) is 23.0. The maximum Gasteiger partial charge on any atom is 0.343 e. The predicted octanol–water partition coefficient (Wildman–Crippen LogP) is 4.89. The Bertz CT molecular complexity index is 1290. The topological polar surface area (TPSA) is 92.8 Å². The van der Waals surface area contributed by atoms with E-state index in [1.54, 1.807) is 60.7 Å². The van der Waals surface area contributed by atoms with Crippen molar-refractivity contribution >= 4 is 46.5 Å². The number of nitrogens with one attached hydrogen (secondary N) is 1. The molecule has 0 aliphatic carbocycles. The van der Waals surface area contributed by atoms with Crippen LogP contribution >= 0.6 is 11.8 Å². The number of thioether (sulfide) groups is 1. The number of carbonyl (C=O) groups excluding carboxylic acids is 4. The van der Waals surface area contributed by atoms with Crippen LogP contribution in [0, 0.1) is 6.92 Å². The standard InChI is InChI=1S/C26H20N2O5S/c1-17-10-12-19(13-11-17)25(31)33-21-9-5-6-18(14-21)15-22-24(30)28(26(32)34-22)16-23(29)27-20-7-3-2-4-8-20/h2-15H,16H2,1H3,(H,27,29)/b22-15-. The average molecular weight is 473 g/mol. The molecule has 1 N–H and O–H groups in total. The van der Waals surface area contributed by atoms with Crippen molar-refractivity contribution in [2.24, 2.45) is 0 Å². The highest BCUT2D eigenvalue weighted by molar-refractivity contribution is 8.18. The maximum atomic E-state index is 12.7. The Labute approximate surface area is 200 Å². The SMILES string of the molecule is Cc1ccc(C(=O)Oc2cccc(/C=C3\SC(=O)N(CC(=O)Nc4ccccc4)C3=O)c2)cc1. The third-order valence-corrected chi connectivity index (χ3v) is 5.79. The largest absolute Gasteiger partial charge is 0.423 e. The molecule has 1 heterocycles. The Balaban J connectivity index is 1.43. The summed E-state index contributed by atoms with van der Waals surface area (Å²) in [7, 11) is 0. The fourth-order valence-corrected chi connectivity index (χ4v) is 4.01. The van der Waals surface area contributed by atoms with Crippen molar-refractivity contribution < 1.29 is 23.9 Å². The number of carbonyl (C=O) groups is 4. The lowest BCUT2D eigenvalue weighted by atomic mass is 10.1. The number of amides is 3. The summed E-state index contributed by atoms with van der Waals surface area (Å²) in [6, 6.07) is 22.4. The maximum absolute atomic E-state index is 12.7. The van der Waals surface area contributed by atoms with Crippen LogP contribution in [0.5, 0.6) is 5.75 Å². The molecule has 0 radical (unpaired) electrons. The van der Waals surface area contributed by atoms with E-state index in [9.17, 15) is 19.2 Å². The molecule has 0 spiro atoms. The van der Waals surface area contributed by atoms with Crippen molar-refractivity contribution in [3.05, 3.63) is 100 Å². The van der Waals surface area contributed by atoms with E-state index in [2.05, 4.69) is 5.32 Å². The average Bonchev–Trinajstić information content (AvgIpc) is 3.07. The zero-order valence-corrected chi connectivity index (χ0v) is 19.0. The van der Waals surface area contributed by atoms with E-state index >= 15 is 0 Å². The van der Waals surface area contributed by atoms with Crippen LogP contribution in [0.25, 0.3) is 6.08 Å². The third kappa shape index (κ3) is 5.60. The normalized spacial score (nSPS) is 14.4. The number of nitrogens with zero attached hydrogens (tertiary/aromatic N) is 1. The van der Waals surface area contributed by atoms with Crippen LogP contribution in [0.3, 0.4) is 0 Å². The lowest BCUT2D eigenvalue weighted by molar-refractivity contribution is -0.127. The molecule has 3 aromatic rings. The van der Waals surface area contributed by atoms with Crippen molar-refractivity contribution in [3.63, 3.8) is 0 Å². The van der Waals surface area contributed by atoms with Crippen LogP contribution in [0.4, 0.5) is 10.5 Å². The van der Waals surface area contributed by atoms with Gasteiger partial charge in [-0.1, -0.05) is 48.0 Å². The van der Waals surface area contributed by atoms with Gasteiger partial charge in [0, 0.05) is 5.69 Å². The van der Waals surface area contributed by atoms with Crippen LogP contribution < -0.4 is 10.1 Å². The van der Waals surface area contributed by atoms with Gasteiger partial charge in [0.2, 0.25) is 5.91 Å². The molecular formula is C26H20N2O5S. The number of hydrogen-bond acceptors (Lipinski definition) is 6. The van der Waals surface area contributed by atoms with Gasteiger partial charge in [0.05, 0.1) is 10.5 Å². The molecule has 0 atom stereocenters. The Morgan fingerprint density at radius 3 is 2.44 bits per heavy atom. The molecule has 0 saturated carbocycles. The highest BCUT2D eigenvalue weighted by atomic mass is 32.2. The third-order valence-electron chi connectivity index (χ3n) is 4.89. The molecule has 8 heteroatoms. The van der Waals surface area contributed by atoms with Crippen LogP contribution in [0.1, 0.15) is 21.5 Å². The smallest absolute Gasteiger partial charge is 0.343 e. The number of imide groups is 1. The highest BCUT2D eigenvalue weighted by Gasteiger charge is 2.36. The number of aryl methyl sites for hydroxylation is 1. The summed E-state index contributed by atoms with van der Waals surface area (Å²) < 4.78 is 5.43. The van der Waals surface area contributed by atoms with Gasteiger partial charge in [0.25, 0.3) is 11.1 Å². The number of benzene rings is 3. The van der Waals surface area contributed by atoms with Crippen LogP contribution in [0.2, 0.25) is 0 Å². The molecule has 1 fully saturated rings. The molecule has 4 rings (SSSR count). The van der Waals surface area contributed by atoms with Crippen molar-refractivity contribution in [2.45, 2.75) is 6.92 Å². The van der Waals surface area contributed by atoms with Gasteiger partial charge < -0.3 is 10.1 Å². The van der Waals surface area contributed by atoms with Gasteiger partial charge in [-0.15, -0.1) is 0 Å². The van der Waals surface area contributed by atoms with E-state index in [0.717, 1.165) is 22.2 Å². The van der Waals surface area contributed by atoms with E-state index in [0.29, 0.717) is 22.6 Å². The second-order valence-electron chi connectivity index (χ2n) is 7.51. The molecule has 1 aliphatic heterocycles. The Morgan fingerprint density at radius 1 is 0.971 bits per heavy atom. The second kappa shape index (κ2) is 10.2. The molecule has 3 amide bonds. The zero-order chi connectivity index (χ0) is 24.1. The van der Waals surface area contributed by atoms with Crippen LogP contribution in [-0.2, 0) is 9.59 Å². The monoisotopic (exact) mass is 472 g/mol. The first-order chi connectivity index (χ1) is 16.4. The number of para-hydroxylation sites is 1. The van der Waals surface area contributed by atoms with Gasteiger partial charge in [-0.2, -0.15) is 0 Å². The lowest BCUT2D eigenvalue weighted by Gasteiger charge is -2.12. The minimum absolute atomic E-state index is 0.180. The van der Waals surface area contributed by atoms with E-state index < -0.39 is 23.0 Å². The molecule has 170 valence electrons. The van der Waals surface area contributed by atoms with Gasteiger partial charge >= 0.3 is 5.97 Å². The van der Waals surface area contributed by atoms with Crippen LogP contribution in [-0.4, -0.2) is 34.5 Å². The highest BCUT2D eigenvalue weighted by Crippen LogP contribution is 2.32. The van der Waals surface area contributed by atoms with Gasteiger partial charge in [0.1, 0.15) is 12.3 Å². The van der Waals surface area contributed by atoms with Crippen molar-refractivity contribution in [2.75, 3.05) is 11.9 Å². The van der Waals surface area contributed by atoms with Gasteiger partial charge in [0.15, 0.2) is 0 Å². The van der Waals surface area contributed by atoms with E-state index in [4.69, 9.17) is 4.74 Å². The summed E-state index contributed by atoms with van der Waals surface area (Å²) in [6.45, 7) is 1.54. The summed E-state index contributed by atoms with van der Waals surface area (Å²) in [5.41, 5.74) is 2.61. The Kier molecular flexibility index (Phi) is 6.89. The summed E-state index contributed by atoms with van der Waals surface area (Å²) in [5.74, 6) is -1.22.